The Kier molecular flexibility index (Phi) is 4.40. The minimum absolute atomic E-state index is 0.161. The van der Waals surface area contributed by atoms with E-state index in [2.05, 4.69) is 44.8 Å². The van der Waals surface area contributed by atoms with Gasteiger partial charge in [-0.15, -0.1) is 0 Å². The molecule has 126 valence electrons. The lowest BCUT2D eigenvalue weighted by molar-refractivity contribution is -0.0436. The van der Waals surface area contributed by atoms with Crippen LogP contribution in [0.4, 0.5) is 0 Å². The van der Waals surface area contributed by atoms with Crippen molar-refractivity contribution in [2.24, 2.45) is 33.6 Å². The van der Waals surface area contributed by atoms with Gasteiger partial charge in [-0.05, 0) is 66.3 Å². The van der Waals surface area contributed by atoms with Gasteiger partial charge in [-0.2, -0.15) is 0 Å². The summed E-state index contributed by atoms with van der Waals surface area (Å²) < 4.78 is 0. The van der Waals surface area contributed by atoms with Gasteiger partial charge in [-0.1, -0.05) is 51.8 Å². The predicted octanol–water partition coefficient (Wildman–Crippen LogP) is 5.46. The molecular weight excluding hydrogens is 282 g/mol. The number of allylic oxidation sites excluding steroid dienone is 4. The van der Waals surface area contributed by atoms with Gasteiger partial charge in [-0.3, -0.25) is 0 Å². The molecule has 0 amide bonds. The Morgan fingerprint density at radius 1 is 1.35 bits per heavy atom. The van der Waals surface area contributed by atoms with Crippen LogP contribution in [0.15, 0.2) is 28.3 Å². The fourth-order valence-electron chi connectivity index (χ4n) is 5.88. The second-order valence-electron chi connectivity index (χ2n) is 8.88. The summed E-state index contributed by atoms with van der Waals surface area (Å²) >= 11 is 0. The molecule has 0 heterocycles. The molecule has 2 heteroatoms. The van der Waals surface area contributed by atoms with Crippen LogP contribution in [0.5, 0.6) is 0 Å². The fraction of sp³-hybridized carbons (Fsp3) is 0.762. The SMILES string of the molecule is CC(C)C1=CC2=CCC3[C@@](C)(CN=C=O)CCC[C@]3(C)[C@@H]2CC1. The van der Waals surface area contributed by atoms with Crippen molar-refractivity contribution in [3.63, 3.8) is 0 Å². The van der Waals surface area contributed by atoms with E-state index in [0.717, 1.165) is 6.42 Å². The highest BCUT2D eigenvalue weighted by molar-refractivity contribution is 5.36. The lowest BCUT2D eigenvalue weighted by Crippen LogP contribution is -2.51. The van der Waals surface area contributed by atoms with Crippen molar-refractivity contribution in [3.8, 4) is 0 Å². The monoisotopic (exact) mass is 313 g/mol. The second kappa shape index (κ2) is 6.06. The molecule has 0 saturated heterocycles. The minimum atomic E-state index is 0.161. The van der Waals surface area contributed by atoms with Gasteiger partial charge < -0.3 is 0 Å². The topological polar surface area (TPSA) is 29.4 Å². The Balaban J connectivity index is 1.95. The van der Waals surface area contributed by atoms with Gasteiger partial charge in [-0.25, -0.2) is 9.79 Å². The van der Waals surface area contributed by atoms with Crippen molar-refractivity contribution in [2.75, 3.05) is 6.54 Å². The molecule has 0 aromatic rings. The van der Waals surface area contributed by atoms with Crippen molar-refractivity contribution >= 4 is 6.08 Å². The first-order valence-corrected chi connectivity index (χ1v) is 9.35. The Hall–Kier alpha value is -1.14. The summed E-state index contributed by atoms with van der Waals surface area (Å²) in [6, 6.07) is 0. The molecule has 3 aliphatic rings. The summed E-state index contributed by atoms with van der Waals surface area (Å²) in [5.74, 6) is 2.01. The zero-order valence-corrected chi connectivity index (χ0v) is 15.2. The van der Waals surface area contributed by atoms with Gasteiger partial charge in [0.25, 0.3) is 0 Å². The number of hydrogen-bond acceptors (Lipinski definition) is 2. The molecule has 23 heavy (non-hydrogen) atoms. The van der Waals surface area contributed by atoms with Gasteiger partial charge in [0, 0.05) is 0 Å². The minimum Gasteiger partial charge on any atom is -0.211 e. The molecule has 1 fully saturated rings. The van der Waals surface area contributed by atoms with Crippen LogP contribution in [-0.4, -0.2) is 12.6 Å². The van der Waals surface area contributed by atoms with E-state index in [1.54, 1.807) is 17.2 Å². The molecule has 0 aromatic carbocycles. The van der Waals surface area contributed by atoms with Crippen LogP contribution in [0, 0.1) is 28.6 Å². The van der Waals surface area contributed by atoms with Gasteiger partial charge in [0.05, 0.1) is 6.54 Å². The van der Waals surface area contributed by atoms with Crippen molar-refractivity contribution in [3.05, 3.63) is 23.3 Å². The van der Waals surface area contributed by atoms with E-state index in [-0.39, 0.29) is 5.41 Å². The van der Waals surface area contributed by atoms with Gasteiger partial charge in [0.1, 0.15) is 0 Å². The molecular formula is C21H31NO. The van der Waals surface area contributed by atoms with E-state index in [9.17, 15) is 4.79 Å². The molecule has 2 nitrogen and oxygen atoms in total. The fourth-order valence-corrected chi connectivity index (χ4v) is 5.88. The van der Waals surface area contributed by atoms with Gasteiger partial charge >= 0.3 is 0 Å². The summed E-state index contributed by atoms with van der Waals surface area (Å²) in [5.41, 5.74) is 3.75. The van der Waals surface area contributed by atoms with Crippen molar-refractivity contribution in [1.29, 1.82) is 0 Å². The van der Waals surface area contributed by atoms with E-state index >= 15 is 0 Å². The average Bonchev–Trinajstić information content (AvgIpc) is 2.52. The number of rotatable bonds is 3. The standard InChI is InChI=1S/C21H31NO/c1-15(2)16-6-8-18-17(12-16)7-9-19-20(3,13-22-14-23)10-5-11-21(18,19)4/h7,12,15,18-19H,5-6,8-11,13H2,1-4H3/t18-,19?,20-,21-/m1/s1. The molecule has 3 aliphatic carbocycles. The number of aliphatic imine (C=N–C) groups is 1. The van der Waals surface area contributed by atoms with Crippen LogP contribution < -0.4 is 0 Å². The van der Waals surface area contributed by atoms with Crippen molar-refractivity contribution in [1.82, 2.24) is 0 Å². The largest absolute Gasteiger partial charge is 0.234 e. The lowest BCUT2D eigenvalue weighted by Gasteiger charge is -2.58. The first-order valence-electron chi connectivity index (χ1n) is 9.35. The predicted molar refractivity (Wildman–Crippen MR) is 94.9 cm³/mol. The van der Waals surface area contributed by atoms with Crippen molar-refractivity contribution < 1.29 is 4.79 Å². The molecule has 3 rings (SSSR count). The van der Waals surface area contributed by atoms with Crippen LogP contribution in [0.3, 0.4) is 0 Å². The first kappa shape index (κ1) is 16.7. The van der Waals surface area contributed by atoms with Crippen LogP contribution in [0.2, 0.25) is 0 Å². The van der Waals surface area contributed by atoms with Crippen LogP contribution in [-0.2, 0) is 4.79 Å². The molecule has 0 radical (unpaired) electrons. The number of hydrogen-bond donors (Lipinski definition) is 0. The molecule has 0 N–H and O–H groups in total. The average molecular weight is 313 g/mol. The summed E-state index contributed by atoms with van der Waals surface area (Å²) in [6.45, 7) is 10.2. The Morgan fingerprint density at radius 2 is 2.13 bits per heavy atom. The van der Waals surface area contributed by atoms with E-state index in [4.69, 9.17) is 0 Å². The van der Waals surface area contributed by atoms with Crippen molar-refractivity contribution in [2.45, 2.75) is 66.2 Å². The number of fused-ring (bicyclic) bond motifs is 3. The molecule has 0 bridgehead atoms. The summed E-state index contributed by atoms with van der Waals surface area (Å²) in [5, 5.41) is 0. The highest BCUT2D eigenvalue weighted by Crippen LogP contribution is 2.62. The van der Waals surface area contributed by atoms with Gasteiger partial charge in [0.15, 0.2) is 0 Å². The van der Waals surface area contributed by atoms with Crippen LogP contribution in [0.1, 0.15) is 66.2 Å². The number of nitrogens with zero attached hydrogens (tertiary/aromatic N) is 1. The highest BCUT2D eigenvalue weighted by Gasteiger charge is 2.54. The van der Waals surface area contributed by atoms with E-state index in [1.807, 2.05) is 0 Å². The summed E-state index contributed by atoms with van der Waals surface area (Å²) in [7, 11) is 0. The summed E-state index contributed by atoms with van der Waals surface area (Å²) in [6.07, 6.45) is 14.3. The third-order valence-electron chi connectivity index (χ3n) is 7.21. The molecule has 4 atom stereocenters. The van der Waals surface area contributed by atoms with Crippen LogP contribution >= 0.6 is 0 Å². The smallest absolute Gasteiger partial charge is 0.211 e. The second-order valence-corrected chi connectivity index (χ2v) is 8.88. The van der Waals surface area contributed by atoms with E-state index in [1.165, 1.54) is 32.1 Å². The lowest BCUT2D eigenvalue weighted by atomic mass is 9.47. The van der Waals surface area contributed by atoms with E-state index in [0.29, 0.717) is 29.7 Å². The first-order chi connectivity index (χ1) is 10.9. The maximum absolute atomic E-state index is 10.6. The van der Waals surface area contributed by atoms with Crippen LogP contribution in [0.25, 0.3) is 0 Å². The normalized spacial score (nSPS) is 39.7. The molecule has 1 saturated carbocycles. The quantitative estimate of drug-likeness (QED) is 0.502. The van der Waals surface area contributed by atoms with E-state index < -0.39 is 0 Å². The third-order valence-corrected chi connectivity index (χ3v) is 7.21. The van der Waals surface area contributed by atoms with Gasteiger partial charge in [0.2, 0.25) is 6.08 Å². The molecule has 1 unspecified atom stereocenters. The molecule has 0 aliphatic heterocycles. The molecule has 0 aromatic heterocycles. The number of isocyanates is 1. The Labute approximate surface area is 141 Å². The number of carbonyl (C=O) groups excluding carboxylic acids is 1. The Bertz CT molecular complexity index is 581. The zero-order valence-electron chi connectivity index (χ0n) is 15.2. The Morgan fingerprint density at radius 3 is 2.83 bits per heavy atom. The highest BCUT2D eigenvalue weighted by atomic mass is 16.1. The zero-order chi connectivity index (χ0) is 16.7. The third kappa shape index (κ3) is 2.76. The summed E-state index contributed by atoms with van der Waals surface area (Å²) in [4.78, 5) is 14.6. The maximum Gasteiger partial charge on any atom is 0.234 e. The maximum atomic E-state index is 10.6. The molecule has 0 spiro atoms.